The molecule has 0 heterocycles. The first-order chi connectivity index (χ1) is 7.97. The summed E-state index contributed by atoms with van der Waals surface area (Å²) in [4.78, 5) is 11.7. The van der Waals surface area contributed by atoms with Crippen LogP contribution in [0.5, 0.6) is 0 Å². The lowest BCUT2D eigenvalue weighted by atomic mass is 9.99. The lowest BCUT2D eigenvalue weighted by molar-refractivity contribution is -0.125. The van der Waals surface area contributed by atoms with Crippen LogP contribution in [0.15, 0.2) is 24.3 Å². The van der Waals surface area contributed by atoms with E-state index in [1.54, 1.807) is 6.92 Å². The topological polar surface area (TPSA) is 55.1 Å². The maximum atomic E-state index is 11.7. The SMILES string of the molecule is CCC(C)(N)C(=O)NCCc1ccccc1C. The zero-order valence-electron chi connectivity index (χ0n) is 10.9. The molecule has 0 fully saturated rings. The highest BCUT2D eigenvalue weighted by Gasteiger charge is 2.25. The maximum absolute atomic E-state index is 11.7. The molecule has 0 bridgehead atoms. The minimum Gasteiger partial charge on any atom is -0.354 e. The molecule has 1 aromatic carbocycles. The van der Waals surface area contributed by atoms with Crippen LogP contribution in [0.25, 0.3) is 0 Å². The third kappa shape index (κ3) is 3.86. The number of nitrogens with one attached hydrogen (secondary N) is 1. The summed E-state index contributed by atoms with van der Waals surface area (Å²) in [6, 6.07) is 8.20. The number of amides is 1. The van der Waals surface area contributed by atoms with Crippen molar-refractivity contribution >= 4 is 5.91 Å². The molecule has 3 nitrogen and oxygen atoms in total. The second-order valence-corrected chi connectivity index (χ2v) is 4.70. The summed E-state index contributed by atoms with van der Waals surface area (Å²) in [5.74, 6) is -0.0754. The van der Waals surface area contributed by atoms with E-state index in [4.69, 9.17) is 5.73 Å². The lowest BCUT2D eigenvalue weighted by Gasteiger charge is -2.21. The summed E-state index contributed by atoms with van der Waals surface area (Å²) < 4.78 is 0. The minimum atomic E-state index is -0.758. The highest BCUT2D eigenvalue weighted by molar-refractivity contribution is 5.85. The van der Waals surface area contributed by atoms with E-state index in [1.165, 1.54) is 11.1 Å². The predicted molar refractivity (Wildman–Crippen MR) is 70.8 cm³/mol. The Labute approximate surface area is 103 Å². The number of hydrogen-bond donors (Lipinski definition) is 2. The van der Waals surface area contributed by atoms with Crippen molar-refractivity contribution in [1.82, 2.24) is 5.32 Å². The molecule has 0 spiro atoms. The van der Waals surface area contributed by atoms with Crippen LogP contribution in [0.2, 0.25) is 0 Å². The molecule has 0 aliphatic rings. The quantitative estimate of drug-likeness (QED) is 0.816. The Morgan fingerprint density at radius 3 is 2.65 bits per heavy atom. The van der Waals surface area contributed by atoms with Gasteiger partial charge in [-0.2, -0.15) is 0 Å². The van der Waals surface area contributed by atoms with Gasteiger partial charge < -0.3 is 11.1 Å². The molecule has 1 amide bonds. The van der Waals surface area contributed by atoms with Gasteiger partial charge in [-0.1, -0.05) is 31.2 Å². The molecular formula is C14H22N2O. The number of rotatable bonds is 5. The molecule has 17 heavy (non-hydrogen) atoms. The number of carbonyl (C=O) groups is 1. The van der Waals surface area contributed by atoms with Crippen LogP contribution in [-0.4, -0.2) is 18.0 Å². The van der Waals surface area contributed by atoms with Crippen LogP contribution < -0.4 is 11.1 Å². The Balaban J connectivity index is 2.44. The number of hydrogen-bond acceptors (Lipinski definition) is 2. The standard InChI is InChI=1S/C14H22N2O/c1-4-14(3,15)13(17)16-10-9-12-8-6-5-7-11(12)2/h5-8H,4,9-10,15H2,1-3H3,(H,16,17). The van der Waals surface area contributed by atoms with Crippen molar-refractivity contribution in [3.05, 3.63) is 35.4 Å². The summed E-state index contributed by atoms with van der Waals surface area (Å²) >= 11 is 0. The van der Waals surface area contributed by atoms with Crippen molar-refractivity contribution in [2.24, 2.45) is 5.73 Å². The van der Waals surface area contributed by atoms with Crippen LogP contribution >= 0.6 is 0 Å². The average Bonchev–Trinajstić information content (AvgIpc) is 2.31. The fraction of sp³-hybridized carbons (Fsp3) is 0.500. The molecular weight excluding hydrogens is 212 g/mol. The third-order valence-electron chi connectivity index (χ3n) is 3.19. The fourth-order valence-corrected chi connectivity index (χ4v) is 1.56. The van der Waals surface area contributed by atoms with Gasteiger partial charge in [0, 0.05) is 6.54 Å². The van der Waals surface area contributed by atoms with E-state index in [-0.39, 0.29) is 5.91 Å². The van der Waals surface area contributed by atoms with Gasteiger partial charge in [0.2, 0.25) is 5.91 Å². The van der Waals surface area contributed by atoms with Crippen molar-refractivity contribution in [3.8, 4) is 0 Å². The molecule has 1 aromatic rings. The highest BCUT2D eigenvalue weighted by atomic mass is 16.2. The summed E-state index contributed by atoms with van der Waals surface area (Å²) in [6.45, 7) is 6.39. The molecule has 3 heteroatoms. The molecule has 0 aromatic heterocycles. The van der Waals surface area contributed by atoms with Crippen molar-refractivity contribution in [1.29, 1.82) is 0 Å². The Morgan fingerprint density at radius 1 is 1.41 bits per heavy atom. The van der Waals surface area contributed by atoms with E-state index in [0.717, 1.165) is 6.42 Å². The summed E-state index contributed by atoms with van der Waals surface area (Å²) in [7, 11) is 0. The van der Waals surface area contributed by atoms with E-state index in [0.29, 0.717) is 13.0 Å². The average molecular weight is 234 g/mol. The second kappa shape index (κ2) is 5.82. The van der Waals surface area contributed by atoms with Gasteiger partial charge >= 0.3 is 0 Å². The van der Waals surface area contributed by atoms with Gasteiger partial charge in [0.25, 0.3) is 0 Å². The number of benzene rings is 1. The van der Waals surface area contributed by atoms with Gasteiger partial charge in [-0.25, -0.2) is 0 Å². The normalized spacial score (nSPS) is 14.1. The van der Waals surface area contributed by atoms with Gasteiger partial charge in [0.1, 0.15) is 0 Å². The molecule has 0 aliphatic carbocycles. The molecule has 0 saturated carbocycles. The Morgan fingerprint density at radius 2 is 2.06 bits per heavy atom. The van der Waals surface area contributed by atoms with Crippen LogP contribution in [-0.2, 0) is 11.2 Å². The van der Waals surface area contributed by atoms with Crippen LogP contribution in [0.3, 0.4) is 0 Å². The first-order valence-electron chi connectivity index (χ1n) is 6.09. The zero-order valence-corrected chi connectivity index (χ0v) is 10.9. The minimum absolute atomic E-state index is 0.0754. The molecule has 0 saturated heterocycles. The van der Waals surface area contributed by atoms with Gasteiger partial charge in [-0.15, -0.1) is 0 Å². The van der Waals surface area contributed by atoms with Crippen molar-refractivity contribution < 1.29 is 4.79 Å². The van der Waals surface area contributed by atoms with Crippen molar-refractivity contribution in [2.75, 3.05) is 6.54 Å². The largest absolute Gasteiger partial charge is 0.354 e. The first kappa shape index (κ1) is 13.7. The maximum Gasteiger partial charge on any atom is 0.239 e. The molecule has 1 rings (SSSR count). The van der Waals surface area contributed by atoms with Gasteiger partial charge in [-0.05, 0) is 37.8 Å². The Bertz CT molecular complexity index is 386. The molecule has 0 aliphatic heterocycles. The molecule has 0 radical (unpaired) electrons. The van der Waals surface area contributed by atoms with E-state index in [1.807, 2.05) is 19.1 Å². The van der Waals surface area contributed by atoms with E-state index in [9.17, 15) is 4.79 Å². The molecule has 1 atom stereocenters. The van der Waals surface area contributed by atoms with Crippen molar-refractivity contribution in [2.45, 2.75) is 39.2 Å². The Kier molecular flexibility index (Phi) is 4.70. The van der Waals surface area contributed by atoms with E-state index < -0.39 is 5.54 Å². The van der Waals surface area contributed by atoms with Gasteiger partial charge in [0.15, 0.2) is 0 Å². The molecule has 94 valence electrons. The summed E-state index contributed by atoms with van der Waals surface area (Å²) in [5, 5.41) is 2.89. The molecule has 1 unspecified atom stereocenters. The van der Waals surface area contributed by atoms with Crippen LogP contribution in [0.1, 0.15) is 31.4 Å². The predicted octanol–water partition coefficient (Wildman–Crippen LogP) is 1.78. The van der Waals surface area contributed by atoms with Crippen LogP contribution in [0, 0.1) is 6.92 Å². The van der Waals surface area contributed by atoms with E-state index >= 15 is 0 Å². The van der Waals surface area contributed by atoms with Gasteiger partial charge in [-0.3, -0.25) is 4.79 Å². The highest BCUT2D eigenvalue weighted by Crippen LogP contribution is 2.08. The Hall–Kier alpha value is -1.35. The van der Waals surface area contributed by atoms with Crippen LogP contribution in [0.4, 0.5) is 0 Å². The first-order valence-corrected chi connectivity index (χ1v) is 6.09. The lowest BCUT2D eigenvalue weighted by Crippen LogP contribution is -2.51. The number of carbonyl (C=O) groups excluding carboxylic acids is 1. The molecule has 3 N–H and O–H groups in total. The smallest absolute Gasteiger partial charge is 0.239 e. The fourth-order valence-electron chi connectivity index (χ4n) is 1.56. The second-order valence-electron chi connectivity index (χ2n) is 4.70. The van der Waals surface area contributed by atoms with Crippen molar-refractivity contribution in [3.63, 3.8) is 0 Å². The summed E-state index contributed by atoms with van der Waals surface area (Å²) in [5.41, 5.74) is 7.62. The van der Waals surface area contributed by atoms with E-state index in [2.05, 4.69) is 24.4 Å². The zero-order chi connectivity index (χ0) is 12.9. The van der Waals surface area contributed by atoms with Gasteiger partial charge in [0.05, 0.1) is 5.54 Å². The number of aryl methyl sites for hydroxylation is 1. The summed E-state index contributed by atoms with van der Waals surface area (Å²) in [6.07, 6.45) is 1.49. The third-order valence-corrected chi connectivity index (χ3v) is 3.19. The number of nitrogens with two attached hydrogens (primary N) is 1. The monoisotopic (exact) mass is 234 g/mol.